The van der Waals surface area contributed by atoms with Crippen LogP contribution in [-0.4, -0.2) is 17.1 Å². The minimum atomic E-state index is 0.362. The molecule has 0 radical (unpaired) electrons. The molecule has 0 atom stereocenters. The number of hydrogen-bond acceptors (Lipinski definition) is 4. The van der Waals surface area contributed by atoms with Crippen molar-refractivity contribution < 1.29 is 4.74 Å². The Kier molecular flexibility index (Phi) is 4.65. The average molecular weight is 346 g/mol. The first kappa shape index (κ1) is 15.6. The van der Waals surface area contributed by atoms with E-state index >= 15 is 0 Å². The summed E-state index contributed by atoms with van der Waals surface area (Å²) in [6.07, 6.45) is 0. The molecule has 0 unspecified atom stereocenters. The highest BCUT2D eigenvalue weighted by molar-refractivity contribution is 6.32. The van der Waals surface area contributed by atoms with Crippen LogP contribution in [0.3, 0.4) is 0 Å². The monoisotopic (exact) mass is 345 g/mol. The fraction of sp³-hybridized carbons (Fsp3) is 0.0588. The summed E-state index contributed by atoms with van der Waals surface area (Å²) in [6.45, 7) is 0. The number of methoxy groups -OCH3 is 1. The summed E-state index contributed by atoms with van der Waals surface area (Å²) in [6, 6.07) is 16.7. The Balaban J connectivity index is 1.91. The molecule has 3 aromatic rings. The minimum Gasteiger partial charge on any atom is -0.495 e. The highest BCUT2D eigenvalue weighted by atomic mass is 35.5. The van der Waals surface area contributed by atoms with Gasteiger partial charge in [-0.25, -0.2) is 9.97 Å². The second-order valence-electron chi connectivity index (χ2n) is 4.74. The van der Waals surface area contributed by atoms with Crippen LogP contribution in [0, 0.1) is 0 Å². The van der Waals surface area contributed by atoms with Crippen LogP contribution >= 0.6 is 23.2 Å². The highest BCUT2D eigenvalue weighted by Gasteiger charge is 2.07. The minimum absolute atomic E-state index is 0.362. The predicted molar refractivity (Wildman–Crippen MR) is 93.8 cm³/mol. The van der Waals surface area contributed by atoms with Gasteiger partial charge >= 0.3 is 0 Å². The number of rotatable bonds is 4. The predicted octanol–water partition coefficient (Wildman–Crippen LogP) is 5.20. The lowest BCUT2D eigenvalue weighted by molar-refractivity contribution is 0.415. The van der Waals surface area contributed by atoms with E-state index in [-0.39, 0.29) is 0 Å². The standard InChI is InChI=1S/C17H13Cl2N3O/c1-23-14-8-7-12(9-13(14)18)20-16-10-15(19)21-17(22-16)11-5-3-2-4-6-11/h2-10H,1H3,(H,20,21,22). The highest BCUT2D eigenvalue weighted by Crippen LogP contribution is 2.29. The van der Waals surface area contributed by atoms with Gasteiger partial charge in [-0.05, 0) is 18.2 Å². The molecule has 0 aliphatic heterocycles. The van der Waals surface area contributed by atoms with Crippen LogP contribution in [0.15, 0.2) is 54.6 Å². The van der Waals surface area contributed by atoms with E-state index in [0.717, 1.165) is 11.3 Å². The van der Waals surface area contributed by atoms with E-state index in [9.17, 15) is 0 Å². The fourth-order valence-corrected chi connectivity index (χ4v) is 2.53. The molecular formula is C17H13Cl2N3O. The van der Waals surface area contributed by atoms with Crippen LogP contribution in [0.4, 0.5) is 11.5 Å². The Morgan fingerprint density at radius 2 is 1.74 bits per heavy atom. The number of ether oxygens (including phenoxy) is 1. The van der Waals surface area contributed by atoms with Crippen molar-refractivity contribution in [2.75, 3.05) is 12.4 Å². The van der Waals surface area contributed by atoms with Crippen molar-refractivity contribution in [3.63, 3.8) is 0 Å². The first-order valence-corrected chi connectivity index (χ1v) is 7.62. The van der Waals surface area contributed by atoms with Crippen LogP contribution in [0.25, 0.3) is 11.4 Å². The topological polar surface area (TPSA) is 47.0 Å². The number of benzene rings is 2. The van der Waals surface area contributed by atoms with Crippen molar-refractivity contribution in [1.82, 2.24) is 9.97 Å². The van der Waals surface area contributed by atoms with Gasteiger partial charge in [-0.2, -0.15) is 0 Å². The van der Waals surface area contributed by atoms with Gasteiger partial charge in [0.25, 0.3) is 0 Å². The molecule has 0 aliphatic carbocycles. The SMILES string of the molecule is COc1ccc(Nc2cc(Cl)nc(-c3ccccc3)n2)cc1Cl. The van der Waals surface area contributed by atoms with Crippen molar-refractivity contribution in [3.05, 3.63) is 64.8 Å². The quantitative estimate of drug-likeness (QED) is 0.660. The number of aromatic nitrogens is 2. The molecular weight excluding hydrogens is 333 g/mol. The third-order valence-corrected chi connectivity index (χ3v) is 3.64. The maximum absolute atomic E-state index is 6.13. The Morgan fingerprint density at radius 1 is 0.957 bits per heavy atom. The molecule has 0 amide bonds. The van der Waals surface area contributed by atoms with Gasteiger partial charge in [0.2, 0.25) is 0 Å². The Labute approximate surface area is 144 Å². The molecule has 0 saturated heterocycles. The van der Waals surface area contributed by atoms with Crippen molar-refractivity contribution in [1.29, 1.82) is 0 Å². The normalized spacial score (nSPS) is 10.4. The van der Waals surface area contributed by atoms with Gasteiger partial charge in [0.15, 0.2) is 5.82 Å². The van der Waals surface area contributed by atoms with Gasteiger partial charge in [-0.3, -0.25) is 0 Å². The van der Waals surface area contributed by atoms with E-state index < -0.39 is 0 Å². The molecule has 0 spiro atoms. The summed E-state index contributed by atoms with van der Waals surface area (Å²) in [4.78, 5) is 8.75. The number of nitrogens with zero attached hydrogens (tertiary/aromatic N) is 2. The van der Waals surface area contributed by atoms with Crippen molar-refractivity contribution >= 4 is 34.7 Å². The van der Waals surface area contributed by atoms with Crippen LogP contribution in [0.5, 0.6) is 5.75 Å². The Bertz CT molecular complexity index is 825. The zero-order valence-corrected chi connectivity index (χ0v) is 13.8. The van der Waals surface area contributed by atoms with Crippen molar-refractivity contribution in [2.24, 2.45) is 0 Å². The van der Waals surface area contributed by atoms with Gasteiger partial charge in [0.05, 0.1) is 12.1 Å². The van der Waals surface area contributed by atoms with Crippen LogP contribution in [0.2, 0.25) is 10.2 Å². The van der Waals surface area contributed by atoms with Gasteiger partial charge < -0.3 is 10.1 Å². The number of hydrogen-bond donors (Lipinski definition) is 1. The third kappa shape index (κ3) is 3.73. The van der Waals surface area contributed by atoms with Gasteiger partial charge in [-0.15, -0.1) is 0 Å². The molecule has 0 saturated carbocycles. The number of halogens is 2. The number of anilines is 2. The van der Waals surface area contributed by atoms with E-state index in [2.05, 4.69) is 15.3 Å². The number of nitrogens with one attached hydrogen (secondary N) is 1. The van der Waals surface area contributed by atoms with Gasteiger partial charge in [0.1, 0.15) is 16.7 Å². The summed E-state index contributed by atoms with van der Waals surface area (Å²) < 4.78 is 5.14. The molecule has 23 heavy (non-hydrogen) atoms. The third-order valence-electron chi connectivity index (χ3n) is 3.15. The first-order chi connectivity index (χ1) is 11.2. The lowest BCUT2D eigenvalue weighted by atomic mass is 10.2. The first-order valence-electron chi connectivity index (χ1n) is 6.86. The second-order valence-corrected chi connectivity index (χ2v) is 5.53. The van der Waals surface area contributed by atoms with E-state index in [0.29, 0.717) is 27.6 Å². The van der Waals surface area contributed by atoms with Gasteiger partial charge in [-0.1, -0.05) is 53.5 Å². The lowest BCUT2D eigenvalue weighted by Crippen LogP contribution is -1.98. The Hall–Kier alpha value is -2.30. The largest absolute Gasteiger partial charge is 0.495 e. The molecule has 116 valence electrons. The molecule has 0 bridgehead atoms. The summed E-state index contributed by atoms with van der Waals surface area (Å²) >= 11 is 12.2. The van der Waals surface area contributed by atoms with E-state index in [1.54, 1.807) is 25.3 Å². The van der Waals surface area contributed by atoms with Crippen LogP contribution in [-0.2, 0) is 0 Å². The lowest BCUT2D eigenvalue weighted by Gasteiger charge is -2.10. The summed E-state index contributed by atoms with van der Waals surface area (Å²) in [5.41, 5.74) is 1.68. The average Bonchev–Trinajstić information content (AvgIpc) is 2.55. The Morgan fingerprint density at radius 3 is 2.43 bits per heavy atom. The molecule has 2 aromatic carbocycles. The maximum Gasteiger partial charge on any atom is 0.163 e. The van der Waals surface area contributed by atoms with E-state index in [4.69, 9.17) is 27.9 Å². The molecule has 0 aliphatic rings. The smallest absolute Gasteiger partial charge is 0.163 e. The molecule has 1 N–H and O–H groups in total. The maximum atomic E-state index is 6.13. The second kappa shape index (κ2) is 6.86. The van der Waals surface area contributed by atoms with E-state index in [1.807, 2.05) is 36.4 Å². The van der Waals surface area contributed by atoms with Gasteiger partial charge in [0, 0.05) is 17.3 Å². The molecule has 3 rings (SSSR count). The van der Waals surface area contributed by atoms with E-state index in [1.165, 1.54) is 0 Å². The van der Waals surface area contributed by atoms with Crippen LogP contribution in [0.1, 0.15) is 0 Å². The molecule has 6 heteroatoms. The molecule has 1 heterocycles. The van der Waals surface area contributed by atoms with Crippen LogP contribution < -0.4 is 10.1 Å². The molecule has 1 aromatic heterocycles. The molecule has 4 nitrogen and oxygen atoms in total. The van der Waals surface area contributed by atoms with Crippen molar-refractivity contribution in [3.8, 4) is 17.1 Å². The summed E-state index contributed by atoms with van der Waals surface area (Å²) in [5.74, 6) is 1.76. The summed E-state index contributed by atoms with van der Waals surface area (Å²) in [5, 5.41) is 4.05. The summed E-state index contributed by atoms with van der Waals surface area (Å²) in [7, 11) is 1.57. The van der Waals surface area contributed by atoms with Crippen molar-refractivity contribution in [2.45, 2.75) is 0 Å². The fourth-order valence-electron chi connectivity index (χ4n) is 2.09. The zero-order chi connectivity index (χ0) is 16.2. The molecule has 0 fully saturated rings. The zero-order valence-electron chi connectivity index (χ0n) is 12.3.